The number of likely N-dealkylation sites (N-methyl/N-ethyl adjacent to an activating group) is 2. The number of phosphoric ester groups is 1. The summed E-state index contributed by atoms with van der Waals surface area (Å²) >= 11 is 0. The Balaban J connectivity index is 0.941. The normalized spacial score (nSPS) is 21.6. The quantitative estimate of drug-likeness (QED) is 0.145. The summed E-state index contributed by atoms with van der Waals surface area (Å²) in [5.41, 5.74) is 3.28. The van der Waals surface area contributed by atoms with Gasteiger partial charge in [0.2, 0.25) is 11.4 Å². The summed E-state index contributed by atoms with van der Waals surface area (Å²) in [7, 11) is 1.17. The van der Waals surface area contributed by atoms with Crippen molar-refractivity contribution in [3.05, 3.63) is 145 Å². The topological polar surface area (TPSA) is 104 Å². The summed E-state index contributed by atoms with van der Waals surface area (Å²) in [6.45, 7) is 8.70. The molecule has 316 valence electrons. The van der Waals surface area contributed by atoms with Crippen LogP contribution >= 0.6 is 7.82 Å². The number of phosphoric acid groups is 1. The summed E-state index contributed by atoms with van der Waals surface area (Å²) in [4.78, 5) is 14.4. The zero-order valence-corrected chi connectivity index (χ0v) is 36.8. The van der Waals surface area contributed by atoms with Gasteiger partial charge in [0.1, 0.15) is 45.9 Å². The van der Waals surface area contributed by atoms with Gasteiger partial charge in [-0.3, -0.25) is 9.98 Å². The summed E-state index contributed by atoms with van der Waals surface area (Å²) in [5, 5.41) is 3.28. The van der Waals surface area contributed by atoms with Crippen molar-refractivity contribution in [1.29, 1.82) is 0 Å². The van der Waals surface area contributed by atoms with Crippen LogP contribution in [0.1, 0.15) is 38.8 Å². The van der Waals surface area contributed by atoms with E-state index in [4.69, 9.17) is 37.8 Å². The van der Waals surface area contributed by atoms with E-state index in [9.17, 15) is 0 Å². The van der Waals surface area contributed by atoms with E-state index in [2.05, 4.69) is 73.9 Å². The van der Waals surface area contributed by atoms with Gasteiger partial charge in [0.05, 0.1) is 30.4 Å². The lowest BCUT2D eigenvalue weighted by atomic mass is 9.77. The Morgan fingerprint density at radius 2 is 0.921 bits per heavy atom. The van der Waals surface area contributed by atoms with Gasteiger partial charge < -0.3 is 37.6 Å². The molecule has 63 heavy (non-hydrogen) atoms. The lowest BCUT2D eigenvalue weighted by Gasteiger charge is -2.45. The molecule has 0 amide bonds. The third kappa shape index (κ3) is 5.61. The SMILES string of the molecule is COc1ccc(OP(=O)(Oc2ccc3ccc4c(c3c2)N=CC2(O4)N(C)c3ccccc3C2(C)C)Oc2ccc3ccc4c(c3c2)N=CC2(O4)N(C)c3ccccc3C2(C)C)cc1. The Bertz CT molecular complexity index is 2970. The Kier molecular flexibility index (Phi) is 8.35. The highest BCUT2D eigenvalue weighted by Gasteiger charge is 2.60. The molecule has 0 N–H and O–H groups in total. The molecule has 2 atom stereocenters. The summed E-state index contributed by atoms with van der Waals surface area (Å²) < 4.78 is 53.1. The van der Waals surface area contributed by atoms with Crippen molar-refractivity contribution in [3.8, 4) is 34.5 Å². The molecule has 11 nitrogen and oxygen atoms in total. The number of benzene rings is 7. The van der Waals surface area contributed by atoms with Gasteiger partial charge in [-0.2, -0.15) is 4.57 Å². The number of fused-ring (bicyclic) bond motifs is 8. The zero-order valence-electron chi connectivity index (χ0n) is 36.0. The molecular formula is C51H45N4O7P. The summed E-state index contributed by atoms with van der Waals surface area (Å²) in [6.07, 6.45) is 3.78. The van der Waals surface area contributed by atoms with Gasteiger partial charge in [-0.25, -0.2) is 0 Å². The molecule has 4 aliphatic heterocycles. The highest BCUT2D eigenvalue weighted by Crippen LogP contribution is 2.57. The van der Waals surface area contributed by atoms with Crippen LogP contribution in [0.5, 0.6) is 34.5 Å². The fraction of sp³-hybridized carbons (Fsp3) is 0.216. The second-order valence-corrected chi connectivity index (χ2v) is 18.9. The van der Waals surface area contributed by atoms with E-state index in [1.54, 1.807) is 55.6 Å². The molecule has 7 aromatic carbocycles. The molecule has 0 saturated heterocycles. The van der Waals surface area contributed by atoms with Crippen LogP contribution in [-0.2, 0) is 15.4 Å². The largest absolute Gasteiger partial charge is 0.647 e. The van der Waals surface area contributed by atoms with Gasteiger partial charge in [-0.15, -0.1) is 0 Å². The molecule has 0 saturated carbocycles. The number of para-hydroxylation sites is 2. The lowest BCUT2D eigenvalue weighted by molar-refractivity contribution is 0.0826. The van der Waals surface area contributed by atoms with Crippen LogP contribution in [0, 0.1) is 0 Å². The van der Waals surface area contributed by atoms with E-state index in [-0.39, 0.29) is 17.2 Å². The molecular weight excluding hydrogens is 812 g/mol. The van der Waals surface area contributed by atoms with Gasteiger partial charge >= 0.3 is 7.82 Å². The van der Waals surface area contributed by atoms with Gasteiger partial charge in [-0.1, -0.05) is 60.7 Å². The van der Waals surface area contributed by atoms with Crippen LogP contribution in [0.3, 0.4) is 0 Å². The second kappa shape index (κ2) is 13.5. The van der Waals surface area contributed by atoms with E-state index in [1.165, 1.54) is 11.1 Å². The first-order chi connectivity index (χ1) is 30.3. The number of anilines is 2. The minimum Gasteiger partial charge on any atom is -0.497 e. The van der Waals surface area contributed by atoms with Crippen molar-refractivity contribution >= 4 is 64.5 Å². The average Bonchev–Trinajstić information content (AvgIpc) is 3.55. The molecule has 0 fully saturated rings. The van der Waals surface area contributed by atoms with Crippen molar-refractivity contribution in [2.45, 2.75) is 50.0 Å². The van der Waals surface area contributed by atoms with Crippen molar-refractivity contribution in [1.82, 2.24) is 0 Å². The first-order valence-corrected chi connectivity index (χ1v) is 22.3. The zero-order chi connectivity index (χ0) is 43.5. The van der Waals surface area contributed by atoms with Crippen molar-refractivity contribution in [2.75, 3.05) is 31.0 Å². The fourth-order valence-electron chi connectivity index (χ4n) is 9.90. The molecule has 11 rings (SSSR count). The predicted octanol–water partition coefficient (Wildman–Crippen LogP) is 12.1. The molecule has 0 aromatic heterocycles. The predicted molar refractivity (Wildman–Crippen MR) is 249 cm³/mol. The number of aliphatic imine (C=N–C) groups is 2. The van der Waals surface area contributed by atoms with E-state index < -0.39 is 30.1 Å². The highest BCUT2D eigenvalue weighted by molar-refractivity contribution is 7.49. The van der Waals surface area contributed by atoms with E-state index in [1.807, 2.05) is 75.1 Å². The average molecular weight is 857 g/mol. The highest BCUT2D eigenvalue weighted by atomic mass is 31.2. The van der Waals surface area contributed by atoms with Crippen LogP contribution in [0.15, 0.2) is 143 Å². The molecule has 2 spiro atoms. The number of hydrogen-bond donors (Lipinski definition) is 0. The van der Waals surface area contributed by atoms with E-state index in [0.29, 0.717) is 28.6 Å². The van der Waals surface area contributed by atoms with Crippen LogP contribution < -0.4 is 37.6 Å². The molecule has 4 aliphatic rings. The second-order valence-electron chi connectivity index (χ2n) is 17.5. The van der Waals surface area contributed by atoms with Crippen molar-refractivity contribution < 1.29 is 32.3 Å². The molecule has 12 heteroatoms. The van der Waals surface area contributed by atoms with Gasteiger partial charge in [-0.05, 0) is 122 Å². The van der Waals surface area contributed by atoms with Crippen LogP contribution in [0.25, 0.3) is 21.5 Å². The molecule has 4 heterocycles. The Morgan fingerprint density at radius 1 is 0.524 bits per heavy atom. The van der Waals surface area contributed by atoms with Gasteiger partial charge in [0.15, 0.2) is 0 Å². The molecule has 2 unspecified atom stereocenters. The van der Waals surface area contributed by atoms with Gasteiger partial charge in [0.25, 0.3) is 0 Å². The minimum atomic E-state index is -4.48. The molecule has 0 radical (unpaired) electrons. The molecule has 0 bridgehead atoms. The van der Waals surface area contributed by atoms with Crippen molar-refractivity contribution in [3.63, 3.8) is 0 Å². The Labute approximate surface area is 365 Å². The Hall–Kier alpha value is -6.97. The standard InChI is InChI=1S/C51H45N4O7P/c1-48(2)40-12-8-10-14-42(40)54(5)50(48)30-52-46-38-28-36(20-16-32(38)18-26-44(46)58-50)61-63(56,60-35-24-22-34(57-7)23-25-35)62-37-21-17-33-19-27-45-47(39(33)29-37)53-31-51(59-45)49(3,4)41-13-9-11-15-43(41)55(51)6/h8-31H,1-7H3. The number of methoxy groups -OCH3 is 1. The van der Waals surface area contributed by atoms with Gasteiger partial charge in [0, 0.05) is 36.2 Å². The summed E-state index contributed by atoms with van der Waals surface area (Å²) in [5.74, 6) is 2.61. The monoisotopic (exact) mass is 856 g/mol. The fourth-order valence-corrected chi connectivity index (χ4v) is 11.1. The van der Waals surface area contributed by atoms with E-state index in [0.717, 1.165) is 32.9 Å². The number of ether oxygens (including phenoxy) is 3. The maximum absolute atomic E-state index is 15.1. The first kappa shape index (κ1) is 38.9. The molecule has 0 aliphatic carbocycles. The van der Waals surface area contributed by atoms with Crippen LogP contribution in [-0.4, -0.2) is 45.1 Å². The van der Waals surface area contributed by atoms with Crippen LogP contribution in [0.4, 0.5) is 22.7 Å². The first-order valence-electron chi connectivity index (χ1n) is 20.9. The minimum absolute atomic E-state index is 0.250. The third-order valence-electron chi connectivity index (χ3n) is 13.5. The maximum atomic E-state index is 15.1. The molecule has 7 aromatic rings. The number of nitrogens with zero attached hydrogens (tertiary/aromatic N) is 4. The number of hydrogen-bond acceptors (Lipinski definition) is 11. The van der Waals surface area contributed by atoms with E-state index >= 15 is 4.57 Å². The van der Waals surface area contributed by atoms with Crippen LogP contribution in [0.2, 0.25) is 0 Å². The lowest BCUT2D eigenvalue weighted by Crippen LogP contribution is -2.61. The Morgan fingerprint density at radius 3 is 1.37 bits per heavy atom. The third-order valence-corrected chi connectivity index (χ3v) is 14.8. The summed E-state index contributed by atoms with van der Waals surface area (Å²) in [6, 6.07) is 42.1. The number of rotatable bonds is 7. The maximum Gasteiger partial charge on any atom is 0.647 e. The van der Waals surface area contributed by atoms with Crippen molar-refractivity contribution in [2.24, 2.45) is 9.98 Å². The smallest absolute Gasteiger partial charge is 0.497 e.